The van der Waals surface area contributed by atoms with Crippen molar-refractivity contribution >= 4 is 14.3 Å². The Labute approximate surface area is 173 Å². The number of allylic oxidation sites excluding steroid dienone is 1. The summed E-state index contributed by atoms with van der Waals surface area (Å²) in [6.45, 7) is 22.4. The fourth-order valence-corrected chi connectivity index (χ4v) is 3.78. The van der Waals surface area contributed by atoms with E-state index >= 15 is 0 Å². The maximum atomic E-state index is 11.2. The first-order valence-electron chi connectivity index (χ1n) is 10.1. The van der Waals surface area contributed by atoms with Crippen LogP contribution in [0.15, 0.2) is 36.5 Å². The number of hydrogen-bond donors (Lipinski definition) is 0. The standard InChI is InChI=1S/C23H39NO3Si/c1-10-14-21(26-20(4)25)18(2)15-12-11-13-16-22(19(3)17-24)27-28(8,9)23(5,6)7/h12,15,21-22H,2-3,10-11,13-14,16H2,1,4-9H3/b15-12-. The summed E-state index contributed by atoms with van der Waals surface area (Å²) in [5.74, 6) is -0.284. The minimum Gasteiger partial charge on any atom is -0.458 e. The number of nitrogens with zero attached hydrogens (tertiary/aromatic N) is 1. The van der Waals surface area contributed by atoms with E-state index in [-0.39, 0.29) is 23.2 Å². The second kappa shape index (κ2) is 12.0. The van der Waals surface area contributed by atoms with Crippen LogP contribution in [0.5, 0.6) is 0 Å². The van der Waals surface area contributed by atoms with Gasteiger partial charge in [0.05, 0.1) is 12.2 Å². The van der Waals surface area contributed by atoms with Gasteiger partial charge in [0.15, 0.2) is 8.32 Å². The third-order valence-corrected chi connectivity index (χ3v) is 9.70. The summed E-state index contributed by atoms with van der Waals surface area (Å²) >= 11 is 0. The van der Waals surface area contributed by atoms with Crippen LogP contribution in [0.3, 0.4) is 0 Å². The Balaban J connectivity index is 4.76. The average molecular weight is 406 g/mol. The van der Waals surface area contributed by atoms with E-state index in [0.717, 1.165) is 37.7 Å². The van der Waals surface area contributed by atoms with Crippen LogP contribution in [0, 0.1) is 11.3 Å². The molecule has 4 nitrogen and oxygen atoms in total. The SMILES string of the molecule is C=C(C#N)C(CCC/C=C\C(=C)C(CCC)OC(C)=O)O[Si](C)(C)C(C)(C)C. The van der Waals surface area contributed by atoms with Gasteiger partial charge in [-0.1, -0.05) is 59.4 Å². The fraction of sp³-hybridized carbons (Fsp3) is 0.652. The molecular weight excluding hydrogens is 366 g/mol. The van der Waals surface area contributed by atoms with Gasteiger partial charge >= 0.3 is 5.97 Å². The molecule has 0 aliphatic carbocycles. The van der Waals surface area contributed by atoms with Gasteiger partial charge in [-0.15, -0.1) is 0 Å². The Morgan fingerprint density at radius 1 is 1.21 bits per heavy atom. The lowest BCUT2D eigenvalue weighted by atomic mass is 10.0. The molecule has 28 heavy (non-hydrogen) atoms. The predicted molar refractivity (Wildman–Crippen MR) is 119 cm³/mol. The zero-order chi connectivity index (χ0) is 22.0. The number of carbonyl (C=O) groups is 1. The zero-order valence-corrected chi connectivity index (χ0v) is 19.9. The molecule has 0 aromatic carbocycles. The van der Waals surface area contributed by atoms with E-state index in [1.807, 2.05) is 12.2 Å². The van der Waals surface area contributed by atoms with E-state index < -0.39 is 8.32 Å². The molecule has 0 N–H and O–H groups in total. The number of hydrogen-bond acceptors (Lipinski definition) is 4. The van der Waals surface area contributed by atoms with Gasteiger partial charge in [0.25, 0.3) is 0 Å². The van der Waals surface area contributed by atoms with Gasteiger partial charge in [0.2, 0.25) is 0 Å². The van der Waals surface area contributed by atoms with E-state index in [2.05, 4.69) is 60.0 Å². The molecule has 0 aliphatic heterocycles. The van der Waals surface area contributed by atoms with Crippen LogP contribution < -0.4 is 0 Å². The first-order chi connectivity index (χ1) is 12.9. The number of nitriles is 1. The molecule has 2 atom stereocenters. The highest BCUT2D eigenvalue weighted by Gasteiger charge is 2.39. The molecule has 158 valence electrons. The van der Waals surface area contributed by atoms with Gasteiger partial charge in [-0.2, -0.15) is 5.26 Å². The quantitative estimate of drug-likeness (QED) is 0.123. The minimum absolute atomic E-state index is 0.0869. The summed E-state index contributed by atoms with van der Waals surface area (Å²) in [5, 5.41) is 9.37. The Hall–Kier alpha value is -1.64. The van der Waals surface area contributed by atoms with Crippen LogP contribution in [0.25, 0.3) is 0 Å². The van der Waals surface area contributed by atoms with Crippen LogP contribution in [-0.4, -0.2) is 26.5 Å². The van der Waals surface area contributed by atoms with E-state index in [9.17, 15) is 10.1 Å². The summed E-state index contributed by atoms with van der Waals surface area (Å²) in [4.78, 5) is 11.2. The summed E-state index contributed by atoms with van der Waals surface area (Å²) < 4.78 is 11.7. The van der Waals surface area contributed by atoms with Crippen LogP contribution in [0.2, 0.25) is 18.1 Å². The monoisotopic (exact) mass is 405 g/mol. The highest BCUT2D eigenvalue weighted by molar-refractivity contribution is 6.74. The number of ether oxygens (including phenoxy) is 1. The van der Waals surface area contributed by atoms with Crippen molar-refractivity contribution < 1.29 is 14.0 Å². The van der Waals surface area contributed by atoms with Crippen molar-refractivity contribution in [1.29, 1.82) is 5.26 Å². The van der Waals surface area contributed by atoms with Crippen molar-refractivity contribution in [3.63, 3.8) is 0 Å². The molecule has 0 radical (unpaired) electrons. The lowest BCUT2D eigenvalue weighted by Crippen LogP contribution is -2.44. The molecule has 0 spiro atoms. The minimum atomic E-state index is -1.97. The number of carbonyl (C=O) groups excluding carboxylic acids is 1. The second-order valence-corrected chi connectivity index (χ2v) is 13.6. The second-order valence-electron chi connectivity index (χ2n) is 8.80. The largest absolute Gasteiger partial charge is 0.458 e. The topological polar surface area (TPSA) is 59.3 Å². The molecule has 2 unspecified atom stereocenters. The van der Waals surface area contributed by atoms with Crippen molar-refractivity contribution in [1.82, 2.24) is 0 Å². The van der Waals surface area contributed by atoms with Crippen molar-refractivity contribution in [2.24, 2.45) is 0 Å². The van der Waals surface area contributed by atoms with E-state index in [1.54, 1.807) is 0 Å². The lowest BCUT2D eigenvalue weighted by molar-refractivity contribution is -0.144. The Kier molecular flexibility index (Phi) is 11.3. The van der Waals surface area contributed by atoms with Crippen molar-refractivity contribution in [2.45, 2.75) is 97.1 Å². The van der Waals surface area contributed by atoms with Gasteiger partial charge in [-0.3, -0.25) is 4.79 Å². The normalized spacial score (nSPS) is 14.4. The zero-order valence-electron chi connectivity index (χ0n) is 18.9. The van der Waals surface area contributed by atoms with Gasteiger partial charge < -0.3 is 9.16 Å². The number of esters is 1. The summed E-state index contributed by atoms with van der Waals surface area (Å²) in [7, 11) is -1.97. The Morgan fingerprint density at radius 3 is 2.29 bits per heavy atom. The molecule has 0 bridgehead atoms. The Bertz CT molecular complexity index is 608. The van der Waals surface area contributed by atoms with Crippen molar-refractivity contribution in [2.75, 3.05) is 0 Å². The van der Waals surface area contributed by atoms with Crippen molar-refractivity contribution in [3.8, 4) is 6.07 Å². The first-order valence-corrected chi connectivity index (χ1v) is 13.1. The van der Waals surface area contributed by atoms with Crippen LogP contribution in [0.1, 0.15) is 66.7 Å². The highest BCUT2D eigenvalue weighted by atomic mass is 28.4. The molecule has 0 aliphatic rings. The summed E-state index contributed by atoms with van der Waals surface area (Å²) in [6.07, 6.45) is 7.69. The van der Waals surface area contributed by atoms with Gasteiger partial charge in [0, 0.05) is 12.5 Å². The fourth-order valence-electron chi connectivity index (χ4n) is 2.45. The molecule has 0 rings (SSSR count). The Morgan fingerprint density at radius 2 is 1.82 bits per heavy atom. The first kappa shape index (κ1) is 26.4. The maximum Gasteiger partial charge on any atom is 0.303 e. The molecule has 0 saturated heterocycles. The average Bonchev–Trinajstić information content (AvgIpc) is 2.57. The molecule has 0 amide bonds. The number of rotatable bonds is 12. The van der Waals surface area contributed by atoms with Gasteiger partial charge in [0.1, 0.15) is 6.10 Å². The highest BCUT2D eigenvalue weighted by Crippen LogP contribution is 2.38. The smallest absolute Gasteiger partial charge is 0.303 e. The van der Waals surface area contributed by atoms with Gasteiger partial charge in [-0.25, -0.2) is 0 Å². The third-order valence-electron chi connectivity index (χ3n) is 5.22. The molecule has 0 fully saturated rings. The molecule has 5 heteroatoms. The van der Waals surface area contributed by atoms with Crippen LogP contribution in [0.4, 0.5) is 0 Å². The molecular formula is C23H39NO3Si. The van der Waals surface area contributed by atoms with Gasteiger partial charge in [-0.05, 0) is 49.4 Å². The van der Waals surface area contributed by atoms with Crippen molar-refractivity contribution in [3.05, 3.63) is 36.5 Å². The lowest BCUT2D eigenvalue weighted by Gasteiger charge is -2.39. The maximum absolute atomic E-state index is 11.2. The van der Waals surface area contributed by atoms with Crippen LogP contribution in [-0.2, 0) is 14.0 Å². The number of unbranched alkanes of at least 4 members (excludes halogenated alkanes) is 1. The summed E-state index contributed by atoms with van der Waals surface area (Å²) in [5.41, 5.74) is 1.31. The molecule has 0 heterocycles. The molecule has 0 aromatic heterocycles. The van der Waals surface area contributed by atoms with Crippen LogP contribution >= 0.6 is 0 Å². The molecule has 0 aromatic rings. The van der Waals surface area contributed by atoms with E-state index in [4.69, 9.17) is 9.16 Å². The summed E-state index contributed by atoms with van der Waals surface area (Å²) in [6, 6.07) is 2.17. The van der Waals surface area contributed by atoms with E-state index in [0.29, 0.717) is 5.57 Å². The predicted octanol–water partition coefficient (Wildman–Crippen LogP) is 6.47. The van der Waals surface area contributed by atoms with E-state index in [1.165, 1.54) is 6.92 Å². The molecule has 0 saturated carbocycles. The third kappa shape index (κ3) is 9.52.